The van der Waals surface area contributed by atoms with E-state index in [0.29, 0.717) is 10.7 Å². The normalized spacial score (nSPS) is 29.1. The highest BCUT2D eigenvalue weighted by atomic mass is 35.5. The fraction of sp³-hybridized carbons (Fsp3) is 0.333. The van der Waals surface area contributed by atoms with Gasteiger partial charge in [0, 0.05) is 29.8 Å². The molecule has 2 bridgehead atoms. The molecular formula is C18H14Cl2F2N2O3. The maximum Gasteiger partial charge on any atom is 0.249 e. The van der Waals surface area contributed by atoms with E-state index >= 15 is 0 Å². The molecule has 5 atom stereocenters. The van der Waals surface area contributed by atoms with Crippen molar-refractivity contribution in [3.63, 3.8) is 0 Å². The summed E-state index contributed by atoms with van der Waals surface area (Å²) in [6.07, 6.45) is -0.885. The molecule has 27 heavy (non-hydrogen) atoms. The molecule has 0 saturated carbocycles. The fourth-order valence-electron chi connectivity index (χ4n) is 3.90. The number of aliphatic hydroxyl groups excluding tert-OH is 1. The number of carbonyl (C=O) groups is 1. The van der Waals surface area contributed by atoms with Crippen molar-refractivity contribution < 1.29 is 23.4 Å². The molecule has 2 saturated heterocycles. The molecule has 1 aromatic heterocycles. The third kappa shape index (κ3) is 3.18. The standard InChI is InChI=1S/C18H14Cl2F2N2O3/c19-9-2-1-7(5-10(9)20)24-18(26)14-12-6-11(25)16(27-12)13(14)8-3-4-23-17(22)15(8)21/h1-5,11-14,16,25H,6H2,(H,24,26). The second-order valence-electron chi connectivity index (χ2n) is 6.62. The lowest BCUT2D eigenvalue weighted by Crippen LogP contribution is -2.41. The summed E-state index contributed by atoms with van der Waals surface area (Å²) in [5.74, 6) is -4.47. The topological polar surface area (TPSA) is 71.5 Å². The minimum absolute atomic E-state index is 0.0389. The maximum absolute atomic E-state index is 14.3. The second-order valence-corrected chi connectivity index (χ2v) is 7.43. The van der Waals surface area contributed by atoms with E-state index in [-0.39, 0.29) is 17.0 Å². The van der Waals surface area contributed by atoms with Crippen molar-refractivity contribution >= 4 is 34.8 Å². The number of amides is 1. The predicted octanol–water partition coefficient (Wildman–Crippen LogP) is 3.54. The van der Waals surface area contributed by atoms with Crippen LogP contribution in [0.25, 0.3) is 0 Å². The Morgan fingerprint density at radius 1 is 1.26 bits per heavy atom. The van der Waals surface area contributed by atoms with Crippen molar-refractivity contribution in [2.24, 2.45) is 5.92 Å². The summed E-state index contributed by atoms with van der Waals surface area (Å²) in [5.41, 5.74) is 0.376. The van der Waals surface area contributed by atoms with Crippen LogP contribution in [0.5, 0.6) is 0 Å². The van der Waals surface area contributed by atoms with E-state index in [1.54, 1.807) is 6.07 Å². The lowest BCUT2D eigenvalue weighted by atomic mass is 9.74. The number of hydrogen-bond donors (Lipinski definition) is 2. The number of rotatable bonds is 3. The van der Waals surface area contributed by atoms with Crippen LogP contribution in [0.1, 0.15) is 17.9 Å². The van der Waals surface area contributed by atoms with Gasteiger partial charge in [-0.3, -0.25) is 4.79 Å². The Balaban J connectivity index is 1.66. The molecule has 0 spiro atoms. The molecule has 1 aromatic carbocycles. The molecule has 2 aliphatic rings. The van der Waals surface area contributed by atoms with Gasteiger partial charge >= 0.3 is 0 Å². The predicted molar refractivity (Wildman–Crippen MR) is 94.8 cm³/mol. The number of aliphatic hydroxyl groups is 1. The van der Waals surface area contributed by atoms with Gasteiger partial charge in [0.25, 0.3) is 0 Å². The molecule has 9 heteroatoms. The quantitative estimate of drug-likeness (QED) is 0.753. The first kappa shape index (κ1) is 18.6. The minimum Gasteiger partial charge on any atom is -0.390 e. The third-order valence-electron chi connectivity index (χ3n) is 5.05. The monoisotopic (exact) mass is 414 g/mol. The van der Waals surface area contributed by atoms with Crippen molar-refractivity contribution in [1.29, 1.82) is 0 Å². The van der Waals surface area contributed by atoms with Crippen LogP contribution in [-0.4, -0.2) is 34.3 Å². The Hall–Kier alpha value is -1.80. The summed E-state index contributed by atoms with van der Waals surface area (Å²) < 4.78 is 33.6. The zero-order valence-corrected chi connectivity index (χ0v) is 15.2. The molecule has 2 N–H and O–H groups in total. The van der Waals surface area contributed by atoms with Gasteiger partial charge < -0.3 is 15.2 Å². The average molecular weight is 415 g/mol. The lowest BCUT2D eigenvalue weighted by molar-refractivity contribution is -0.122. The number of hydrogen-bond acceptors (Lipinski definition) is 4. The largest absolute Gasteiger partial charge is 0.390 e. The second kappa shape index (κ2) is 6.98. The van der Waals surface area contributed by atoms with E-state index in [1.165, 1.54) is 18.2 Å². The van der Waals surface area contributed by atoms with Crippen LogP contribution >= 0.6 is 23.2 Å². The van der Waals surface area contributed by atoms with Crippen molar-refractivity contribution in [2.75, 3.05) is 5.32 Å². The van der Waals surface area contributed by atoms with Crippen LogP contribution in [0.15, 0.2) is 30.5 Å². The summed E-state index contributed by atoms with van der Waals surface area (Å²) in [4.78, 5) is 16.2. The first-order valence-corrected chi connectivity index (χ1v) is 9.01. The smallest absolute Gasteiger partial charge is 0.249 e. The van der Waals surface area contributed by atoms with E-state index in [2.05, 4.69) is 10.3 Å². The molecule has 142 valence electrons. The molecule has 0 aliphatic carbocycles. The van der Waals surface area contributed by atoms with Crippen LogP contribution < -0.4 is 5.32 Å². The van der Waals surface area contributed by atoms with Crippen molar-refractivity contribution in [3.05, 3.63) is 57.8 Å². The van der Waals surface area contributed by atoms with E-state index in [9.17, 15) is 18.7 Å². The molecule has 0 radical (unpaired) electrons. The Bertz CT molecular complexity index is 914. The molecule has 3 heterocycles. The number of pyridine rings is 1. The molecule has 2 aliphatic heterocycles. The van der Waals surface area contributed by atoms with E-state index in [1.807, 2.05) is 0 Å². The maximum atomic E-state index is 14.3. The lowest BCUT2D eigenvalue weighted by Gasteiger charge is -2.30. The van der Waals surface area contributed by atoms with Crippen LogP contribution in [0.4, 0.5) is 14.5 Å². The van der Waals surface area contributed by atoms with Gasteiger partial charge in [-0.1, -0.05) is 23.2 Å². The number of nitrogens with one attached hydrogen (secondary N) is 1. The highest BCUT2D eigenvalue weighted by Crippen LogP contribution is 2.50. The number of anilines is 1. The van der Waals surface area contributed by atoms with Gasteiger partial charge in [-0.15, -0.1) is 0 Å². The summed E-state index contributed by atoms with van der Waals surface area (Å²) in [7, 11) is 0. The van der Waals surface area contributed by atoms with Gasteiger partial charge in [0.2, 0.25) is 11.9 Å². The number of aromatic nitrogens is 1. The van der Waals surface area contributed by atoms with Gasteiger partial charge in [-0.2, -0.15) is 4.39 Å². The Kier molecular flexibility index (Phi) is 4.80. The van der Waals surface area contributed by atoms with Crippen LogP contribution in [-0.2, 0) is 9.53 Å². The van der Waals surface area contributed by atoms with Crippen molar-refractivity contribution in [2.45, 2.75) is 30.7 Å². The van der Waals surface area contributed by atoms with E-state index in [0.717, 1.165) is 6.20 Å². The van der Waals surface area contributed by atoms with Crippen LogP contribution in [0.2, 0.25) is 10.0 Å². The summed E-state index contributed by atoms with van der Waals surface area (Å²) in [6, 6.07) is 5.92. The van der Waals surface area contributed by atoms with Crippen LogP contribution in [0, 0.1) is 17.7 Å². The van der Waals surface area contributed by atoms with Crippen LogP contribution in [0.3, 0.4) is 0 Å². The van der Waals surface area contributed by atoms with Crippen molar-refractivity contribution in [3.8, 4) is 0 Å². The number of fused-ring (bicyclic) bond motifs is 2. The molecule has 2 fully saturated rings. The summed E-state index contributed by atoms with van der Waals surface area (Å²) in [6.45, 7) is 0. The van der Waals surface area contributed by atoms with Gasteiger partial charge in [0.1, 0.15) is 0 Å². The number of benzene rings is 1. The molecule has 5 nitrogen and oxygen atoms in total. The van der Waals surface area contributed by atoms with E-state index in [4.69, 9.17) is 27.9 Å². The fourth-order valence-corrected chi connectivity index (χ4v) is 4.20. The molecule has 5 unspecified atom stereocenters. The summed E-state index contributed by atoms with van der Waals surface area (Å²) >= 11 is 11.8. The Morgan fingerprint density at radius 3 is 2.78 bits per heavy atom. The first-order valence-electron chi connectivity index (χ1n) is 8.26. The highest BCUT2D eigenvalue weighted by molar-refractivity contribution is 6.42. The number of ether oxygens (including phenoxy) is 1. The SMILES string of the molecule is O=C(Nc1ccc(Cl)c(Cl)c1)C1C2CC(O)C(O2)C1c1ccnc(F)c1F. The number of halogens is 4. The Morgan fingerprint density at radius 2 is 2.04 bits per heavy atom. The number of nitrogens with zero attached hydrogens (tertiary/aromatic N) is 1. The minimum atomic E-state index is -1.26. The summed E-state index contributed by atoms with van der Waals surface area (Å²) in [5, 5.41) is 13.5. The van der Waals surface area contributed by atoms with E-state index < -0.39 is 47.8 Å². The molecular weight excluding hydrogens is 401 g/mol. The van der Waals surface area contributed by atoms with Gasteiger partial charge in [-0.25, -0.2) is 9.37 Å². The number of carbonyl (C=O) groups excluding carboxylic acids is 1. The van der Waals surface area contributed by atoms with Gasteiger partial charge in [0.15, 0.2) is 5.82 Å². The van der Waals surface area contributed by atoms with Crippen molar-refractivity contribution in [1.82, 2.24) is 4.98 Å². The average Bonchev–Trinajstić information content (AvgIpc) is 3.17. The Labute approximate surface area is 163 Å². The highest BCUT2D eigenvalue weighted by Gasteiger charge is 2.57. The molecule has 1 amide bonds. The third-order valence-corrected chi connectivity index (χ3v) is 5.79. The molecule has 4 rings (SSSR count). The zero-order valence-electron chi connectivity index (χ0n) is 13.7. The molecule has 2 aromatic rings. The first-order chi connectivity index (χ1) is 12.9. The van der Waals surface area contributed by atoms with Gasteiger partial charge in [-0.05, 0) is 24.3 Å². The zero-order chi connectivity index (χ0) is 19.3. The van der Waals surface area contributed by atoms with Gasteiger partial charge in [0.05, 0.1) is 34.3 Å².